The van der Waals surface area contributed by atoms with Crippen LogP contribution in [0.1, 0.15) is 22.7 Å². The first-order chi connectivity index (χ1) is 7.72. The molecule has 0 bridgehead atoms. The number of benzene rings is 1. The van der Waals surface area contributed by atoms with E-state index in [1.54, 1.807) is 24.7 Å². The van der Waals surface area contributed by atoms with Gasteiger partial charge in [-0.3, -0.25) is 0 Å². The highest BCUT2D eigenvalue weighted by Gasteiger charge is 2.15. The fraction of sp³-hybridized carbons (Fsp3) is 0.231. The van der Waals surface area contributed by atoms with Crippen LogP contribution in [0.4, 0.5) is 4.39 Å². The molecule has 3 heteroatoms. The lowest BCUT2D eigenvalue weighted by Crippen LogP contribution is -2.18. The summed E-state index contributed by atoms with van der Waals surface area (Å²) in [5.41, 5.74) is 3.03. The average Bonchev–Trinajstić information content (AvgIpc) is 2.75. The number of nitrogens with one attached hydrogen (secondary N) is 1. The topological polar surface area (TPSA) is 25.2 Å². The Morgan fingerprint density at radius 2 is 2.12 bits per heavy atom. The molecule has 0 fully saturated rings. The molecule has 0 amide bonds. The molecule has 1 heterocycles. The maximum atomic E-state index is 13.0. The van der Waals surface area contributed by atoms with Crippen LogP contribution < -0.4 is 5.32 Å². The van der Waals surface area contributed by atoms with E-state index in [2.05, 4.69) is 5.32 Å². The van der Waals surface area contributed by atoms with Crippen LogP contribution in [0.5, 0.6) is 0 Å². The number of furan rings is 1. The molecule has 0 aliphatic heterocycles. The van der Waals surface area contributed by atoms with Crippen LogP contribution in [-0.4, -0.2) is 7.05 Å². The summed E-state index contributed by atoms with van der Waals surface area (Å²) in [5, 5.41) is 3.20. The number of halogens is 1. The molecule has 2 rings (SSSR count). The Labute approximate surface area is 94.1 Å². The first-order valence-electron chi connectivity index (χ1n) is 5.18. The van der Waals surface area contributed by atoms with Gasteiger partial charge in [-0.15, -0.1) is 0 Å². The van der Waals surface area contributed by atoms with E-state index in [1.165, 1.54) is 6.07 Å². The second-order valence-corrected chi connectivity index (χ2v) is 3.78. The molecular weight excluding hydrogens is 205 g/mol. The summed E-state index contributed by atoms with van der Waals surface area (Å²) in [4.78, 5) is 0. The molecule has 84 valence electrons. The molecule has 0 aliphatic carbocycles. The Morgan fingerprint density at radius 3 is 2.69 bits per heavy atom. The maximum absolute atomic E-state index is 13.0. The molecule has 1 aromatic heterocycles. The fourth-order valence-electron chi connectivity index (χ4n) is 1.90. The maximum Gasteiger partial charge on any atom is 0.123 e. The lowest BCUT2D eigenvalue weighted by molar-refractivity contribution is 0.557. The van der Waals surface area contributed by atoms with Gasteiger partial charge in [0.15, 0.2) is 0 Å². The molecule has 1 aromatic carbocycles. The molecule has 0 saturated carbocycles. The summed E-state index contributed by atoms with van der Waals surface area (Å²) in [6, 6.07) is 6.77. The van der Waals surface area contributed by atoms with Crippen LogP contribution in [0.3, 0.4) is 0 Å². The first kappa shape index (κ1) is 10.9. The van der Waals surface area contributed by atoms with Crippen LogP contribution >= 0.6 is 0 Å². The van der Waals surface area contributed by atoms with Crippen LogP contribution in [0.25, 0.3) is 0 Å². The van der Waals surface area contributed by atoms with Crippen molar-refractivity contribution >= 4 is 0 Å². The van der Waals surface area contributed by atoms with E-state index in [1.807, 2.05) is 20.0 Å². The number of hydrogen-bond acceptors (Lipinski definition) is 2. The molecule has 1 atom stereocenters. The molecule has 0 saturated heterocycles. The van der Waals surface area contributed by atoms with Gasteiger partial charge >= 0.3 is 0 Å². The summed E-state index contributed by atoms with van der Waals surface area (Å²) < 4.78 is 18.1. The van der Waals surface area contributed by atoms with Gasteiger partial charge in [0.1, 0.15) is 5.82 Å². The van der Waals surface area contributed by atoms with Crippen molar-refractivity contribution in [1.82, 2.24) is 5.32 Å². The van der Waals surface area contributed by atoms with Gasteiger partial charge < -0.3 is 9.73 Å². The van der Waals surface area contributed by atoms with Crippen molar-refractivity contribution in [3.05, 3.63) is 59.3 Å². The Kier molecular flexibility index (Phi) is 3.06. The first-order valence-corrected chi connectivity index (χ1v) is 5.18. The summed E-state index contributed by atoms with van der Waals surface area (Å²) in [6.07, 6.45) is 3.34. The SMILES string of the molecule is CNC(c1ccoc1)c1ccc(F)cc1C. The second-order valence-electron chi connectivity index (χ2n) is 3.78. The van der Waals surface area contributed by atoms with E-state index in [-0.39, 0.29) is 11.9 Å². The van der Waals surface area contributed by atoms with Crippen LogP contribution in [-0.2, 0) is 0 Å². The number of hydrogen-bond donors (Lipinski definition) is 1. The van der Waals surface area contributed by atoms with Crippen molar-refractivity contribution in [1.29, 1.82) is 0 Å². The Balaban J connectivity index is 2.41. The van der Waals surface area contributed by atoms with Crippen molar-refractivity contribution in [2.24, 2.45) is 0 Å². The van der Waals surface area contributed by atoms with E-state index >= 15 is 0 Å². The molecule has 0 radical (unpaired) electrons. The van der Waals surface area contributed by atoms with Crippen molar-refractivity contribution in [2.75, 3.05) is 7.05 Å². The summed E-state index contributed by atoms with van der Waals surface area (Å²) in [7, 11) is 1.88. The highest BCUT2D eigenvalue weighted by Crippen LogP contribution is 2.25. The molecule has 0 spiro atoms. The van der Waals surface area contributed by atoms with Gasteiger partial charge in [-0.05, 0) is 43.3 Å². The molecular formula is C13H14FNO. The Morgan fingerprint density at radius 1 is 1.31 bits per heavy atom. The van der Waals surface area contributed by atoms with E-state index in [0.717, 1.165) is 16.7 Å². The largest absolute Gasteiger partial charge is 0.472 e. The minimum absolute atomic E-state index is 0.0411. The predicted octanol–water partition coefficient (Wildman–Crippen LogP) is 3.04. The van der Waals surface area contributed by atoms with Gasteiger partial charge in [0, 0.05) is 5.56 Å². The van der Waals surface area contributed by atoms with Gasteiger partial charge in [0.05, 0.1) is 18.6 Å². The minimum Gasteiger partial charge on any atom is -0.472 e. The normalized spacial score (nSPS) is 12.7. The standard InChI is InChI=1S/C13H14FNO/c1-9-7-11(14)3-4-12(9)13(15-2)10-5-6-16-8-10/h3-8,13,15H,1-2H3. The Bertz CT molecular complexity index is 465. The minimum atomic E-state index is -0.205. The van der Waals surface area contributed by atoms with Gasteiger partial charge in [0.25, 0.3) is 0 Å². The lowest BCUT2D eigenvalue weighted by atomic mass is 9.97. The predicted molar refractivity (Wildman–Crippen MR) is 60.7 cm³/mol. The van der Waals surface area contributed by atoms with Crippen molar-refractivity contribution in [2.45, 2.75) is 13.0 Å². The van der Waals surface area contributed by atoms with E-state index < -0.39 is 0 Å². The lowest BCUT2D eigenvalue weighted by Gasteiger charge is -2.17. The van der Waals surface area contributed by atoms with Gasteiger partial charge in [0.2, 0.25) is 0 Å². The number of aryl methyl sites for hydroxylation is 1. The molecule has 16 heavy (non-hydrogen) atoms. The zero-order valence-corrected chi connectivity index (χ0v) is 9.33. The molecule has 0 aliphatic rings. The fourth-order valence-corrected chi connectivity index (χ4v) is 1.90. The van der Waals surface area contributed by atoms with Crippen LogP contribution in [0.2, 0.25) is 0 Å². The quantitative estimate of drug-likeness (QED) is 0.858. The summed E-state index contributed by atoms with van der Waals surface area (Å²) in [6.45, 7) is 1.91. The average molecular weight is 219 g/mol. The number of rotatable bonds is 3. The zero-order valence-electron chi connectivity index (χ0n) is 9.33. The van der Waals surface area contributed by atoms with Crippen LogP contribution in [0, 0.1) is 12.7 Å². The monoisotopic (exact) mass is 219 g/mol. The third-order valence-electron chi connectivity index (χ3n) is 2.71. The molecule has 1 unspecified atom stereocenters. The summed E-state index contributed by atoms with van der Waals surface area (Å²) in [5.74, 6) is -0.205. The smallest absolute Gasteiger partial charge is 0.123 e. The Hall–Kier alpha value is -1.61. The van der Waals surface area contributed by atoms with Gasteiger partial charge in [-0.1, -0.05) is 6.07 Å². The van der Waals surface area contributed by atoms with Crippen molar-refractivity contribution in [3.8, 4) is 0 Å². The van der Waals surface area contributed by atoms with E-state index in [4.69, 9.17) is 4.42 Å². The molecule has 2 aromatic rings. The van der Waals surface area contributed by atoms with Crippen LogP contribution in [0.15, 0.2) is 41.2 Å². The van der Waals surface area contributed by atoms with Gasteiger partial charge in [-0.25, -0.2) is 4.39 Å². The van der Waals surface area contributed by atoms with E-state index in [9.17, 15) is 4.39 Å². The van der Waals surface area contributed by atoms with Crippen molar-refractivity contribution in [3.63, 3.8) is 0 Å². The summed E-state index contributed by atoms with van der Waals surface area (Å²) >= 11 is 0. The second kappa shape index (κ2) is 4.49. The van der Waals surface area contributed by atoms with Gasteiger partial charge in [-0.2, -0.15) is 0 Å². The molecule has 2 nitrogen and oxygen atoms in total. The third kappa shape index (κ3) is 1.99. The van der Waals surface area contributed by atoms with E-state index in [0.29, 0.717) is 0 Å². The molecule has 1 N–H and O–H groups in total. The highest BCUT2D eigenvalue weighted by atomic mass is 19.1. The van der Waals surface area contributed by atoms with Crippen molar-refractivity contribution < 1.29 is 8.81 Å². The highest BCUT2D eigenvalue weighted by molar-refractivity contribution is 5.35. The zero-order chi connectivity index (χ0) is 11.5. The third-order valence-corrected chi connectivity index (χ3v) is 2.71.